The number of carbonyl (C=O) groups is 1. The van der Waals surface area contributed by atoms with Crippen LogP contribution in [0.3, 0.4) is 0 Å². The lowest BCUT2D eigenvalue weighted by Crippen LogP contribution is -2.41. The SMILES string of the molecule is Cc1nc2n(n1)CC(NC(=O)c1csc(CCN)n1)CC2. The number of carbonyl (C=O) groups excluding carboxylic acids is 1. The van der Waals surface area contributed by atoms with E-state index >= 15 is 0 Å². The summed E-state index contributed by atoms with van der Waals surface area (Å²) in [5.74, 6) is 1.65. The van der Waals surface area contributed by atoms with Crippen LogP contribution < -0.4 is 11.1 Å². The first kappa shape index (κ1) is 14.2. The molecular weight excluding hydrogens is 288 g/mol. The first-order chi connectivity index (χ1) is 10.2. The maximum atomic E-state index is 12.2. The van der Waals surface area contributed by atoms with Crippen molar-refractivity contribution >= 4 is 17.2 Å². The van der Waals surface area contributed by atoms with E-state index in [1.807, 2.05) is 11.6 Å². The molecule has 0 aliphatic carbocycles. The highest BCUT2D eigenvalue weighted by Gasteiger charge is 2.23. The molecular formula is C13H18N6OS. The van der Waals surface area contributed by atoms with Crippen LogP contribution >= 0.6 is 11.3 Å². The minimum Gasteiger partial charge on any atom is -0.346 e. The van der Waals surface area contributed by atoms with Gasteiger partial charge >= 0.3 is 0 Å². The smallest absolute Gasteiger partial charge is 0.271 e. The van der Waals surface area contributed by atoms with Gasteiger partial charge in [0, 0.05) is 24.3 Å². The van der Waals surface area contributed by atoms with E-state index in [0.717, 1.165) is 29.5 Å². The van der Waals surface area contributed by atoms with Crippen molar-refractivity contribution < 1.29 is 4.79 Å². The van der Waals surface area contributed by atoms with Gasteiger partial charge in [-0.25, -0.2) is 14.6 Å². The average molecular weight is 306 g/mol. The maximum Gasteiger partial charge on any atom is 0.271 e. The molecule has 3 N–H and O–H groups in total. The highest BCUT2D eigenvalue weighted by Crippen LogP contribution is 2.14. The lowest BCUT2D eigenvalue weighted by atomic mass is 10.1. The van der Waals surface area contributed by atoms with Gasteiger partial charge in [-0.2, -0.15) is 5.10 Å². The van der Waals surface area contributed by atoms with Crippen LogP contribution in [0.1, 0.15) is 33.6 Å². The van der Waals surface area contributed by atoms with E-state index in [0.29, 0.717) is 25.2 Å². The Labute approximate surface area is 126 Å². The van der Waals surface area contributed by atoms with E-state index in [1.165, 1.54) is 11.3 Å². The Morgan fingerprint density at radius 3 is 3.24 bits per heavy atom. The molecule has 3 heterocycles. The predicted octanol–water partition coefficient (Wildman–Crippen LogP) is 0.289. The zero-order chi connectivity index (χ0) is 14.8. The molecule has 1 aliphatic heterocycles. The molecule has 8 heteroatoms. The zero-order valence-corrected chi connectivity index (χ0v) is 12.7. The van der Waals surface area contributed by atoms with Crippen LogP contribution in [-0.2, 0) is 19.4 Å². The summed E-state index contributed by atoms with van der Waals surface area (Å²) in [5, 5.41) is 10.1. The fourth-order valence-corrected chi connectivity index (χ4v) is 3.26. The number of hydrogen-bond acceptors (Lipinski definition) is 6. The van der Waals surface area contributed by atoms with Crippen LogP contribution in [0.5, 0.6) is 0 Å². The van der Waals surface area contributed by atoms with Crippen molar-refractivity contribution in [3.05, 3.63) is 27.7 Å². The van der Waals surface area contributed by atoms with E-state index in [-0.39, 0.29) is 11.9 Å². The van der Waals surface area contributed by atoms with Crippen molar-refractivity contribution in [2.45, 2.75) is 38.8 Å². The van der Waals surface area contributed by atoms with Gasteiger partial charge in [-0.15, -0.1) is 11.3 Å². The highest BCUT2D eigenvalue weighted by atomic mass is 32.1. The van der Waals surface area contributed by atoms with E-state index in [4.69, 9.17) is 5.73 Å². The Balaban J connectivity index is 1.62. The van der Waals surface area contributed by atoms with Gasteiger partial charge in [-0.3, -0.25) is 4.79 Å². The molecule has 0 spiro atoms. The summed E-state index contributed by atoms with van der Waals surface area (Å²) in [7, 11) is 0. The number of amides is 1. The fraction of sp³-hybridized carbons (Fsp3) is 0.538. The molecule has 1 unspecified atom stereocenters. The number of aromatic nitrogens is 4. The normalized spacial score (nSPS) is 17.5. The second-order valence-electron chi connectivity index (χ2n) is 5.13. The number of aryl methyl sites for hydroxylation is 2. The van der Waals surface area contributed by atoms with Gasteiger partial charge < -0.3 is 11.1 Å². The molecule has 2 aromatic heterocycles. The van der Waals surface area contributed by atoms with Crippen LogP contribution in [0.2, 0.25) is 0 Å². The molecule has 0 radical (unpaired) electrons. The zero-order valence-electron chi connectivity index (χ0n) is 11.9. The summed E-state index contributed by atoms with van der Waals surface area (Å²) in [4.78, 5) is 20.9. The summed E-state index contributed by atoms with van der Waals surface area (Å²) >= 11 is 1.48. The van der Waals surface area contributed by atoms with Crippen molar-refractivity contribution in [3.63, 3.8) is 0 Å². The second-order valence-corrected chi connectivity index (χ2v) is 6.07. The van der Waals surface area contributed by atoms with Gasteiger partial charge in [0.25, 0.3) is 5.91 Å². The molecule has 7 nitrogen and oxygen atoms in total. The van der Waals surface area contributed by atoms with Gasteiger partial charge in [-0.1, -0.05) is 0 Å². The molecule has 0 saturated carbocycles. The third-order valence-electron chi connectivity index (χ3n) is 3.44. The summed E-state index contributed by atoms with van der Waals surface area (Å²) < 4.78 is 1.88. The topological polar surface area (TPSA) is 98.7 Å². The number of hydrogen-bond donors (Lipinski definition) is 2. The molecule has 0 bridgehead atoms. The van der Waals surface area contributed by atoms with Crippen LogP contribution in [0.4, 0.5) is 0 Å². The van der Waals surface area contributed by atoms with Gasteiger partial charge in [0.1, 0.15) is 17.3 Å². The van der Waals surface area contributed by atoms with E-state index in [9.17, 15) is 4.79 Å². The lowest BCUT2D eigenvalue weighted by molar-refractivity contribution is 0.0921. The predicted molar refractivity (Wildman–Crippen MR) is 79.2 cm³/mol. The molecule has 21 heavy (non-hydrogen) atoms. The Kier molecular flexibility index (Phi) is 3.98. The number of nitrogens with one attached hydrogen (secondary N) is 1. The van der Waals surface area contributed by atoms with Crippen molar-refractivity contribution in [2.24, 2.45) is 5.73 Å². The van der Waals surface area contributed by atoms with Gasteiger partial charge in [0.05, 0.1) is 11.6 Å². The molecule has 1 aliphatic rings. The van der Waals surface area contributed by atoms with Gasteiger partial charge in [0.15, 0.2) is 0 Å². The second kappa shape index (κ2) is 5.90. The average Bonchev–Trinajstić information content (AvgIpc) is 3.04. The number of rotatable bonds is 4. The van der Waals surface area contributed by atoms with Crippen LogP contribution in [0.25, 0.3) is 0 Å². The quantitative estimate of drug-likeness (QED) is 0.846. The Bertz CT molecular complexity index is 649. The Hall–Kier alpha value is -1.80. The Morgan fingerprint density at radius 2 is 2.43 bits per heavy atom. The van der Waals surface area contributed by atoms with E-state index < -0.39 is 0 Å². The highest BCUT2D eigenvalue weighted by molar-refractivity contribution is 7.09. The summed E-state index contributed by atoms with van der Waals surface area (Å²) in [6.07, 6.45) is 2.42. The number of thiazole rings is 1. The van der Waals surface area contributed by atoms with Crippen molar-refractivity contribution in [3.8, 4) is 0 Å². The first-order valence-electron chi connectivity index (χ1n) is 7.01. The van der Waals surface area contributed by atoms with Crippen LogP contribution in [-0.4, -0.2) is 38.2 Å². The minimum atomic E-state index is -0.125. The molecule has 1 amide bonds. The molecule has 0 aromatic carbocycles. The monoisotopic (exact) mass is 306 g/mol. The van der Waals surface area contributed by atoms with Crippen LogP contribution in [0.15, 0.2) is 5.38 Å². The molecule has 1 atom stereocenters. The van der Waals surface area contributed by atoms with Crippen molar-refractivity contribution in [1.82, 2.24) is 25.1 Å². The summed E-state index contributed by atoms with van der Waals surface area (Å²) in [6, 6.07) is 0.0748. The third kappa shape index (κ3) is 3.11. The number of nitrogens with zero attached hydrogens (tertiary/aromatic N) is 4. The largest absolute Gasteiger partial charge is 0.346 e. The number of fused-ring (bicyclic) bond motifs is 1. The maximum absolute atomic E-state index is 12.2. The standard InChI is InChI=1S/C13H18N6OS/c1-8-15-11-3-2-9(6-19(11)18-8)16-13(20)10-7-21-12(17-10)4-5-14/h7,9H,2-6,14H2,1H3,(H,16,20). The van der Waals surface area contributed by atoms with Crippen LogP contribution in [0, 0.1) is 6.92 Å². The minimum absolute atomic E-state index is 0.0748. The van der Waals surface area contributed by atoms with E-state index in [2.05, 4.69) is 20.4 Å². The van der Waals surface area contributed by atoms with Crippen molar-refractivity contribution in [1.29, 1.82) is 0 Å². The van der Waals surface area contributed by atoms with Crippen molar-refractivity contribution in [2.75, 3.05) is 6.54 Å². The molecule has 0 fully saturated rings. The fourth-order valence-electron chi connectivity index (χ4n) is 2.46. The molecule has 112 valence electrons. The molecule has 0 saturated heterocycles. The third-order valence-corrected chi connectivity index (χ3v) is 4.35. The first-order valence-corrected chi connectivity index (χ1v) is 7.89. The van der Waals surface area contributed by atoms with Gasteiger partial charge in [-0.05, 0) is 19.9 Å². The summed E-state index contributed by atoms with van der Waals surface area (Å²) in [6.45, 7) is 3.10. The summed E-state index contributed by atoms with van der Waals surface area (Å²) in [5.41, 5.74) is 5.97. The lowest BCUT2D eigenvalue weighted by Gasteiger charge is -2.23. The number of nitrogens with two attached hydrogens (primary N) is 1. The van der Waals surface area contributed by atoms with E-state index in [1.54, 1.807) is 5.38 Å². The Morgan fingerprint density at radius 1 is 1.57 bits per heavy atom. The molecule has 3 rings (SSSR count). The molecule has 2 aromatic rings. The van der Waals surface area contributed by atoms with Gasteiger partial charge in [0.2, 0.25) is 0 Å².